The minimum Gasteiger partial charge on any atom is -0.354 e. The minimum atomic E-state index is -0.289. The van der Waals surface area contributed by atoms with E-state index in [0.29, 0.717) is 31.9 Å². The Hall–Kier alpha value is -2.74. The molecule has 4 rings (SSSR count). The fourth-order valence-corrected chi connectivity index (χ4v) is 4.73. The zero-order chi connectivity index (χ0) is 24.2. The minimum absolute atomic E-state index is 0.0993. The molecule has 0 N–H and O–H groups in total. The molecule has 1 saturated heterocycles. The van der Waals surface area contributed by atoms with Crippen LogP contribution < -0.4 is 4.90 Å². The topological polar surface area (TPSA) is 67.2 Å². The van der Waals surface area contributed by atoms with Crippen molar-refractivity contribution in [2.75, 3.05) is 37.0 Å². The average Bonchev–Trinajstić information content (AvgIpc) is 2.99. The van der Waals surface area contributed by atoms with Crippen LogP contribution >= 0.6 is 11.6 Å². The van der Waals surface area contributed by atoms with Crippen LogP contribution in [0.15, 0.2) is 24.3 Å². The van der Waals surface area contributed by atoms with E-state index in [2.05, 4.69) is 18.7 Å². The SMILES string of the molecule is CCCC(C)c1nc(N2CCCN(C(=O)CCCl)CC2)c2c(C)nn(-c3ccc(F)cc3)c2n1. The highest BCUT2D eigenvalue weighted by Gasteiger charge is 2.25. The number of amides is 1. The molecule has 7 nitrogen and oxygen atoms in total. The van der Waals surface area contributed by atoms with Crippen molar-refractivity contribution in [3.05, 3.63) is 41.6 Å². The molecule has 182 valence electrons. The van der Waals surface area contributed by atoms with Gasteiger partial charge in [-0.05, 0) is 44.0 Å². The first-order chi connectivity index (χ1) is 16.4. The summed E-state index contributed by atoms with van der Waals surface area (Å²) in [5.41, 5.74) is 2.31. The standard InChI is InChI=1S/C25H32ClFN6O/c1-4-6-17(2)23-28-24(32-14-5-13-31(15-16-32)21(34)11-12-26)22-18(3)30-33(25(22)29-23)20-9-7-19(27)8-10-20/h7-10,17H,4-6,11-16H2,1-3H3. The fraction of sp³-hybridized carbons (Fsp3) is 0.520. The van der Waals surface area contributed by atoms with E-state index in [1.165, 1.54) is 12.1 Å². The summed E-state index contributed by atoms with van der Waals surface area (Å²) in [7, 11) is 0. The monoisotopic (exact) mass is 486 g/mol. The molecule has 1 fully saturated rings. The Morgan fingerprint density at radius 1 is 1.15 bits per heavy atom. The third kappa shape index (κ3) is 5.02. The number of carbonyl (C=O) groups excluding carboxylic acids is 1. The Morgan fingerprint density at radius 3 is 2.62 bits per heavy atom. The second-order valence-electron chi connectivity index (χ2n) is 8.93. The second-order valence-corrected chi connectivity index (χ2v) is 9.31. The van der Waals surface area contributed by atoms with Gasteiger partial charge >= 0.3 is 0 Å². The number of aryl methyl sites for hydroxylation is 1. The van der Waals surface area contributed by atoms with E-state index in [1.807, 2.05) is 11.8 Å². The molecule has 3 heterocycles. The number of hydrogen-bond acceptors (Lipinski definition) is 5. The van der Waals surface area contributed by atoms with Gasteiger partial charge in [-0.15, -0.1) is 11.6 Å². The van der Waals surface area contributed by atoms with Crippen molar-refractivity contribution in [1.82, 2.24) is 24.6 Å². The summed E-state index contributed by atoms with van der Waals surface area (Å²) in [6.45, 7) is 9.08. The zero-order valence-electron chi connectivity index (χ0n) is 20.1. The normalized spacial score (nSPS) is 15.6. The molecule has 1 unspecified atom stereocenters. The lowest BCUT2D eigenvalue weighted by Gasteiger charge is -2.24. The zero-order valence-corrected chi connectivity index (χ0v) is 20.9. The van der Waals surface area contributed by atoms with Crippen LogP contribution in [0.5, 0.6) is 0 Å². The third-order valence-corrected chi connectivity index (χ3v) is 6.58. The number of alkyl halides is 1. The van der Waals surface area contributed by atoms with Crippen molar-refractivity contribution in [3.63, 3.8) is 0 Å². The second kappa shape index (κ2) is 10.7. The molecule has 1 aliphatic rings. The van der Waals surface area contributed by atoms with E-state index >= 15 is 0 Å². The molecule has 0 bridgehead atoms. The van der Waals surface area contributed by atoms with Gasteiger partial charge in [0.2, 0.25) is 5.91 Å². The van der Waals surface area contributed by atoms with Gasteiger partial charge in [-0.25, -0.2) is 19.0 Å². The fourth-order valence-electron chi connectivity index (χ4n) is 4.57. The third-order valence-electron chi connectivity index (χ3n) is 6.39. The number of anilines is 1. The van der Waals surface area contributed by atoms with Crippen LogP contribution in [0.3, 0.4) is 0 Å². The number of benzene rings is 1. The number of rotatable bonds is 7. The molecule has 1 atom stereocenters. The van der Waals surface area contributed by atoms with Crippen LogP contribution in [0.1, 0.15) is 57.0 Å². The first-order valence-corrected chi connectivity index (χ1v) is 12.6. The van der Waals surface area contributed by atoms with Gasteiger partial charge < -0.3 is 9.80 Å². The summed E-state index contributed by atoms with van der Waals surface area (Å²) >= 11 is 5.79. The van der Waals surface area contributed by atoms with Crippen molar-refractivity contribution in [2.45, 2.75) is 52.4 Å². The summed E-state index contributed by atoms with van der Waals surface area (Å²) in [5.74, 6) is 1.99. The van der Waals surface area contributed by atoms with E-state index in [1.54, 1.807) is 16.8 Å². The highest BCUT2D eigenvalue weighted by atomic mass is 35.5. The largest absolute Gasteiger partial charge is 0.354 e. The quantitative estimate of drug-likeness (QED) is 0.447. The maximum absolute atomic E-state index is 13.6. The number of halogens is 2. The van der Waals surface area contributed by atoms with Gasteiger partial charge in [0.1, 0.15) is 17.5 Å². The van der Waals surface area contributed by atoms with Crippen LogP contribution in [-0.2, 0) is 4.79 Å². The predicted octanol–water partition coefficient (Wildman–Crippen LogP) is 4.83. The van der Waals surface area contributed by atoms with Gasteiger partial charge in [0.25, 0.3) is 0 Å². The lowest BCUT2D eigenvalue weighted by Crippen LogP contribution is -2.35. The Kier molecular flexibility index (Phi) is 7.66. The van der Waals surface area contributed by atoms with Crippen molar-refractivity contribution in [2.24, 2.45) is 0 Å². The molecule has 34 heavy (non-hydrogen) atoms. The van der Waals surface area contributed by atoms with Crippen molar-refractivity contribution < 1.29 is 9.18 Å². The highest BCUT2D eigenvalue weighted by Crippen LogP contribution is 2.32. The van der Waals surface area contributed by atoms with E-state index in [4.69, 9.17) is 26.7 Å². The maximum Gasteiger partial charge on any atom is 0.223 e. The smallest absolute Gasteiger partial charge is 0.223 e. The Bertz CT molecular complexity index is 1150. The van der Waals surface area contributed by atoms with E-state index < -0.39 is 0 Å². The Morgan fingerprint density at radius 2 is 1.91 bits per heavy atom. The molecule has 0 saturated carbocycles. The molecule has 0 spiro atoms. The Labute approximate surface area is 204 Å². The van der Waals surface area contributed by atoms with E-state index in [-0.39, 0.29) is 17.6 Å². The molecule has 3 aromatic rings. The average molecular weight is 487 g/mol. The van der Waals surface area contributed by atoms with Crippen LogP contribution in [0.4, 0.5) is 10.2 Å². The molecule has 1 aromatic carbocycles. The molecular formula is C25H32ClFN6O. The van der Waals surface area contributed by atoms with Gasteiger partial charge in [-0.1, -0.05) is 20.3 Å². The number of carbonyl (C=O) groups is 1. The lowest BCUT2D eigenvalue weighted by molar-refractivity contribution is -0.130. The molecule has 0 radical (unpaired) electrons. The number of nitrogens with zero attached hydrogens (tertiary/aromatic N) is 6. The van der Waals surface area contributed by atoms with Gasteiger partial charge in [0, 0.05) is 44.4 Å². The molecule has 2 aromatic heterocycles. The van der Waals surface area contributed by atoms with Gasteiger partial charge in [-0.2, -0.15) is 5.10 Å². The van der Waals surface area contributed by atoms with Crippen LogP contribution in [0, 0.1) is 12.7 Å². The highest BCUT2D eigenvalue weighted by molar-refractivity contribution is 6.18. The molecule has 1 amide bonds. The predicted molar refractivity (Wildman–Crippen MR) is 133 cm³/mol. The lowest BCUT2D eigenvalue weighted by atomic mass is 10.1. The molecule has 1 aliphatic heterocycles. The van der Waals surface area contributed by atoms with Gasteiger partial charge in [0.05, 0.1) is 16.8 Å². The molecule has 9 heteroatoms. The van der Waals surface area contributed by atoms with Crippen LogP contribution in [-0.4, -0.2) is 62.6 Å². The summed E-state index contributed by atoms with van der Waals surface area (Å²) < 4.78 is 15.3. The van der Waals surface area contributed by atoms with Crippen LogP contribution in [0.2, 0.25) is 0 Å². The van der Waals surface area contributed by atoms with Crippen LogP contribution in [0.25, 0.3) is 16.7 Å². The summed E-state index contributed by atoms with van der Waals surface area (Å²) in [6.07, 6.45) is 3.23. The van der Waals surface area contributed by atoms with Crippen molar-refractivity contribution in [3.8, 4) is 5.69 Å². The first-order valence-electron chi connectivity index (χ1n) is 12.0. The Balaban J connectivity index is 1.79. The summed E-state index contributed by atoms with van der Waals surface area (Å²) in [4.78, 5) is 26.6. The number of aromatic nitrogens is 4. The summed E-state index contributed by atoms with van der Waals surface area (Å²) in [6, 6.07) is 6.29. The molecule has 0 aliphatic carbocycles. The van der Waals surface area contributed by atoms with Crippen molar-refractivity contribution >= 4 is 34.4 Å². The summed E-state index contributed by atoms with van der Waals surface area (Å²) in [5, 5.41) is 5.67. The molecular weight excluding hydrogens is 455 g/mol. The first kappa shape index (κ1) is 24.4. The maximum atomic E-state index is 13.6. The number of hydrogen-bond donors (Lipinski definition) is 0. The van der Waals surface area contributed by atoms with Crippen molar-refractivity contribution in [1.29, 1.82) is 0 Å². The number of fused-ring (bicyclic) bond motifs is 1. The van der Waals surface area contributed by atoms with Gasteiger partial charge in [-0.3, -0.25) is 4.79 Å². The van der Waals surface area contributed by atoms with E-state index in [0.717, 1.165) is 59.9 Å². The van der Waals surface area contributed by atoms with E-state index in [9.17, 15) is 9.18 Å². The van der Waals surface area contributed by atoms with Gasteiger partial charge in [0.15, 0.2) is 5.65 Å².